The van der Waals surface area contributed by atoms with Crippen molar-refractivity contribution in [2.75, 3.05) is 6.54 Å². The van der Waals surface area contributed by atoms with E-state index in [-0.39, 0.29) is 11.7 Å². The van der Waals surface area contributed by atoms with E-state index in [0.29, 0.717) is 25.8 Å². The fourth-order valence-corrected chi connectivity index (χ4v) is 1.81. The van der Waals surface area contributed by atoms with Gasteiger partial charge in [0.1, 0.15) is 12.1 Å². The summed E-state index contributed by atoms with van der Waals surface area (Å²) in [6.07, 6.45) is 4.84. The summed E-state index contributed by atoms with van der Waals surface area (Å²) in [5.41, 5.74) is 7.19. The fourth-order valence-electron chi connectivity index (χ4n) is 1.81. The monoisotopic (exact) mass is 261 g/mol. The molecule has 0 bridgehead atoms. The number of nitrogens with zero attached hydrogens (tertiary/aromatic N) is 2. The van der Waals surface area contributed by atoms with Crippen molar-refractivity contribution in [2.45, 2.75) is 19.3 Å². The first-order valence-electron chi connectivity index (χ1n) is 6.19. The highest BCUT2D eigenvalue weighted by atomic mass is 19.1. The summed E-state index contributed by atoms with van der Waals surface area (Å²) in [6.45, 7) is 0.515. The Kier molecular flexibility index (Phi) is 4.41. The second-order valence-electron chi connectivity index (χ2n) is 4.33. The molecule has 5 heteroatoms. The van der Waals surface area contributed by atoms with Crippen LogP contribution < -0.4 is 5.73 Å². The lowest BCUT2D eigenvalue weighted by molar-refractivity contribution is 0.0902. The van der Waals surface area contributed by atoms with Gasteiger partial charge in [-0.1, -0.05) is 12.1 Å². The van der Waals surface area contributed by atoms with Crippen LogP contribution in [-0.2, 0) is 12.8 Å². The van der Waals surface area contributed by atoms with Crippen molar-refractivity contribution in [2.24, 2.45) is 5.73 Å². The minimum Gasteiger partial charge on any atom is -0.330 e. The number of hydrogen-bond acceptors (Lipinski definition) is 3. The Hall–Kier alpha value is -2.01. The molecule has 1 aromatic heterocycles. The molecule has 0 aliphatic heterocycles. The van der Waals surface area contributed by atoms with Crippen LogP contribution in [0.25, 0.3) is 0 Å². The molecule has 0 radical (unpaired) electrons. The van der Waals surface area contributed by atoms with Crippen LogP contribution in [0.1, 0.15) is 22.5 Å². The molecule has 0 unspecified atom stereocenters. The van der Waals surface area contributed by atoms with Gasteiger partial charge in [-0.05, 0) is 30.7 Å². The highest BCUT2D eigenvalue weighted by Crippen LogP contribution is 2.07. The quantitative estimate of drug-likeness (QED) is 0.892. The molecule has 100 valence electrons. The van der Waals surface area contributed by atoms with Crippen LogP contribution >= 0.6 is 0 Å². The van der Waals surface area contributed by atoms with Gasteiger partial charge < -0.3 is 5.73 Å². The maximum absolute atomic E-state index is 12.7. The average Bonchev–Trinajstić information content (AvgIpc) is 2.87. The van der Waals surface area contributed by atoms with Crippen molar-refractivity contribution in [1.29, 1.82) is 0 Å². The van der Waals surface area contributed by atoms with Crippen LogP contribution in [0.2, 0.25) is 0 Å². The number of halogens is 1. The van der Waals surface area contributed by atoms with Crippen LogP contribution in [0.5, 0.6) is 0 Å². The average molecular weight is 261 g/mol. The molecule has 4 nitrogen and oxygen atoms in total. The van der Waals surface area contributed by atoms with Gasteiger partial charge in [-0.2, -0.15) is 0 Å². The third-order valence-corrected chi connectivity index (χ3v) is 2.87. The maximum Gasteiger partial charge on any atom is 0.232 e. The third kappa shape index (κ3) is 3.72. The maximum atomic E-state index is 12.7. The topological polar surface area (TPSA) is 60.9 Å². The number of rotatable bonds is 5. The summed E-state index contributed by atoms with van der Waals surface area (Å²) in [7, 11) is 0. The zero-order valence-corrected chi connectivity index (χ0v) is 10.6. The predicted octanol–water partition coefficient (Wildman–Crippen LogP) is 1.80. The summed E-state index contributed by atoms with van der Waals surface area (Å²) in [4.78, 5) is 16.0. The van der Waals surface area contributed by atoms with Gasteiger partial charge in [-0.25, -0.2) is 9.37 Å². The number of carbonyl (C=O) groups is 1. The van der Waals surface area contributed by atoms with Gasteiger partial charge >= 0.3 is 0 Å². The number of aryl methyl sites for hydroxylation is 1. The summed E-state index contributed by atoms with van der Waals surface area (Å²) in [5.74, 6) is -0.295. The third-order valence-electron chi connectivity index (χ3n) is 2.87. The summed E-state index contributed by atoms with van der Waals surface area (Å²) >= 11 is 0. The smallest absolute Gasteiger partial charge is 0.232 e. The van der Waals surface area contributed by atoms with Gasteiger partial charge in [-0.15, -0.1) is 0 Å². The lowest BCUT2D eigenvalue weighted by Gasteiger charge is -2.02. The van der Waals surface area contributed by atoms with Gasteiger partial charge in [-0.3, -0.25) is 9.36 Å². The van der Waals surface area contributed by atoms with Gasteiger partial charge in [0.2, 0.25) is 5.91 Å². The van der Waals surface area contributed by atoms with E-state index in [9.17, 15) is 9.18 Å². The number of aromatic nitrogens is 2. The van der Waals surface area contributed by atoms with Crippen molar-refractivity contribution in [3.63, 3.8) is 0 Å². The molecule has 0 aliphatic rings. The number of carbonyl (C=O) groups excluding carboxylic acids is 1. The molecule has 2 aromatic rings. The van der Waals surface area contributed by atoms with E-state index in [1.807, 2.05) is 0 Å². The Morgan fingerprint density at radius 1 is 1.26 bits per heavy atom. The van der Waals surface area contributed by atoms with Gasteiger partial charge in [0, 0.05) is 19.0 Å². The molecule has 1 aromatic carbocycles. The summed E-state index contributed by atoms with van der Waals surface area (Å²) in [5, 5.41) is 0. The van der Waals surface area contributed by atoms with Crippen LogP contribution in [0.15, 0.2) is 36.8 Å². The van der Waals surface area contributed by atoms with Crippen molar-refractivity contribution >= 4 is 5.91 Å². The SMILES string of the molecule is NCCc1cn(C(=O)CCc2ccc(F)cc2)cn1. The minimum absolute atomic E-state index is 0.0277. The molecule has 0 aliphatic carbocycles. The fraction of sp³-hybridized carbons (Fsp3) is 0.286. The molecule has 0 spiro atoms. The number of nitrogens with two attached hydrogens (primary N) is 1. The van der Waals surface area contributed by atoms with Crippen LogP contribution in [0.4, 0.5) is 4.39 Å². The van der Waals surface area contributed by atoms with Crippen LogP contribution in [0, 0.1) is 5.82 Å². The first-order valence-corrected chi connectivity index (χ1v) is 6.19. The number of benzene rings is 1. The molecule has 0 atom stereocenters. The largest absolute Gasteiger partial charge is 0.330 e. The lowest BCUT2D eigenvalue weighted by atomic mass is 10.1. The molecule has 19 heavy (non-hydrogen) atoms. The normalized spacial score (nSPS) is 10.6. The van der Waals surface area contributed by atoms with Gasteiger partial charge in [0.15, 0.2) is 0 Å². The molecule has 2 N–H and O–H groups in total. The zero-order valence-electron chi connectivity index (χ0n) is 10.6. The van der Waals surface area contributed by atoms with E-state index < -0.39 is 0 Å². The van der Waals surface area contributed by atoms with E-state index in [1.165, 1.54) is 23.0 Å². The van der Waals surface area contributed by atoms with Crippen LogP contribution in [-0.4, -0.2) is 22.0 Å². The number of hydrogen-bond donors (Lipinski definition) is 1. The second kappa shape index (κ2) is 6.24. The molecule has 2 rings (SSSR count). The summed E-state index contributed by atoms with van der Waals surface area (Å²) in [6, 6.07) is 6.18. The Bertz CT molecular complexity index is 548. The highest BCUT2D eigenvalue weighted by molar-refractivity contribution is 5.78. The molecular weight excluding hydrogens is 245 g/mol. The Morgan fingerprint density at radius 2 is 2.00 bits per heavy atom. The van der Waals surface area contributed by atoms with E-state index in [1.54, 1.807) is 18.3 Å². The Morgan fingerprint density at radius 3 is 2.68 bits per heavy atom. The first kappa shape index (κ1) is 13.4. The molecule has 1 heterocycles. The van der Waals surface area contributed by atoms with E-state index in [4.69, 9.17) is 5.73 Å². The molecular formula is C14H16FN3O. The number of imidazole rings is 1. The Balaban J connectivity index is 1.91. The molecule has 0 amide bonds. The van der Waals surface area contributed by atoms with Gasteiger partial charge in [0.25, 0.3) is 0 Å². The van der Waals surface area contributed by atoms with E-state index in [2.05, 4.69) is 4.98 Å². The standard InChI is InChI=1S/C14H16FN3O/c15-12-4-1-11(2-5-12)3-6-14(19)18-9-13(7-8-16)17-10-18/h1-2,4-5,9-10H,3,6-8,16H2. The van der Waals surface area contributed by atoms with Crippen molar-refractivity contribution in [3.05, 3.63) is 53.9 Å². The van der Waals surface area contributed by atoms with Crippen molar-refractivity contribution in [1.82, 2.24) is 9.55 Å². The van der Waals surface area contributed by atoms with Gasteiger partial charge in [0.05, 0.1) is 5.69 Å². The first-order chi connectivity index (χ1) is 9.19. The summed E-state index contributed by atoms with van der Waals surface area (Å²) < 4.78 is 14.2. The van der Waals surface area contributed by atoms with E-state index >= 15 is 0 Å². The van der Waals surface area contributed by atoms with Crippen molar-refractivity contribution < 1.29 is 9.18 Å². The predicted molar refractivity (Wildman–Crippen MR) is 70.3 cm³/mol. The second-order valence-corrected chi connectivity index (χ2v) is 4.33. The van der Waals surface area contributed by atoms with E-state index in [0.717, 1.165) is 11.3 Å². The van der Waals surface area contributed by atoms with Crippen LogP contribution in [0.3, 0.4) is 0 Å². The minimum atomic E-state index is -0.267. The highest BCUT2D eigenvalue weighted by Gasteiger charge is 2.07. The molecule has 0 fully saturated rings. The van der Waals surface area contributed by atoms with Crippen molar-refractivity contribution in [3.8, 4) is 0 Å². The molecule has 0 saturated heterocycles. The Labute approximate surface area is 111 Å². The lowest BCUT2D eigenvalue weighted by Crippen LogP contribution is -2.09. The molecule has 0 saturated carbocycles. The zero-order chi connectivity index (χ0) is 13.7.